The van der Waals surface area contributed by atoms with E-state index in [1.54, 1.807) is 4.90 Å². The minimum atomic E-state index is -4.65. The van der Waals surface area contributed by atoms with Gasteiger partial charge in [0.05, 0.1) is 11.1 Å². The number of nitrogens with zero attached hydrogens (tertiary/aromatic N) is 4. The van der Waals surface area contributed by atoms with Crippen LogP contribution < -0.4 is 10.2 Å². The first-order chi connectivity index (χ1) is 19.1. The van der Waals surface area contributed by atoms with Crippen molar-refractivity contribution in [1.82, 2.24) is 15.1 Å². The van der Waals surface area contributed by atoms with Crippen LogP contribution in [-0.2, 0) is 11.0 Å². The highest BCUT2D eigenvalue weighted by molar-refractivity contribution is 5.79. The first-order valence-electron chi connectivity index (χ1n) is 13.1. The molecular weight excluding hydrogens is 556 g/mol. The van der Waals surface area contributed by atoms with E-state index in [4.69, 9.17) is 0 Å². The number of carbonyl (C=O) groups excluding carboxylic acids is 1. The molecule has 1 aromatic carbocycles. The molecule has 2 fully saturated rings. The number of nitro groups is 1. The Hall–Kier alpha value is -3.55. The monoisotopic (exact) mass is 589 g/mol. The molecule has 2 aliphatic heterocycles. The van der Waals surface area contributed by atoms with E-state index in [1.165, 1.54) is 18.2 Å². The quantitative estimate of drug-likeness (QED) is 0.188. The number of halogens is 6. The molecule has 0 radical (unpaired) electrons. The number of benzene rings is 1. The molecule has 1 N–H and O–H groups in total. The third-order valence-corrected chi connectivity index (χ3v) is 7.00. The molecule has 3 rings (SSSR count). The van der Waals surface area contributed by atoms with Crippen molar-refractivity contribution >= 4 is 11.6 Å². The second kappa shape index (κ2) is 13.4. The zero-order valence-corrected chi connectivity index (χ0v) is 22.5. The lowest BCUT2D eigenvalue weighted by molar-refractivity contribution is -0.468. The summed E-state index contributed by atoms with van der Waals surface area (Å²) in [4.78, 5) is 28.9. The maximum Gasteiger partial charge on any atom is 0.416 e. The molecule has 8 nitrogen and oxygen atoms in total. The number of amides is 1. The first kappa shape index (κ1) is 32.0. The van der Waals surface area contributed by atoms with Crippen LogP contribution in [0, 0.1) is 16.0 Å². The van der Waals surface area contributed by atoms with Gasteiger partial charge in [0.25, 0.3) is 0 Å². The third-order valence-electron chi connectivity index (χ3n) is 7.00. The second-order valence-corrected chi connectivity index (χ2v) is 10.2. The zero-order chi connectivity index (χ0) is 30.4. The summed E-state index contributed by atoms with van der Waals surface area (Å²) < 4.78 is 77.4. The molecule has 2 aliphatic rings. The number of piperazine rings is 1. The molecule has 0 saturated carbocycles. The minimum absolute atomic E-state index is 0.0208. The molecule has 0 aromatic heterocycles. The Morgan fingerprint density at radius 3 is 2.32 bits per heavy atom. The van der Waals surface area contributed by atoms with Crippen LogP contribution in [-0.4, -0.2) is 85.2 Å². The van der Waals surface area contributed by atoms with Crippen LogP contribution in [0.15, 0.2) is 60.3 Å². The summed E-state index contributed by atoms with van der Waals surface area (Å²) in [5.74, 6) is -0.431. The van der Waals surface area contributed by atoms with Crippen LogP contribution in [0.3, 0.4) is 0 Å². The van der Waals surface area contributed by atoms with Crippen LogP contribution in [0.2, 0.25) is 0 Å². The maximum atomic E-state index is 13.1. The predicted molar refractivity (Wildman–Crippen MR) is 142 cm³/mol. The number of alkyl halides is 6. The van der Waals surface area contributed by atoms with E-state index >= 15 is 0 Å². The minimum Gasteiger partial charge on any atom is -0.380 e. The number of rotatable bonds is 10. The van der Waals surface area contributed by atoms with E-state index < -0.39 is 35.0 Å². The highest BCUT2D eigenvalue weighted by atomic mass is 19.4. The van der Waals surface area contributed by atoms with Crippen LogP contribution in [0.1, 0.15) is 18.9 Å². The van der Waals surface area contributed by atoms with Gasteiger partial charge in [0, 0.05) is 74.1 Å². The van der Waals surface area contributed by atoms with E-state index in [0.29, 0.717) is 51.4 Å². The lowest BCUT2D eigenvalue weighted by Gasteiger charge is -2.37. The highest BCUT2D eigenvalue weighted by Crippen LogP contribution is 2.31. The van der Waals surface area contributed by atoms with Crippen molar-refractivity contribution in [2.75, 3.05) is 57.3 Å². The van der Waals surface area contributed by atoms with Crippen LogP contribution >= 0.6 is 0 Å². The zero-order valence-electron chi connectivity index (χ0n) is 22.5. The smallest absolute Gasteiger partial charge is 0.380 e. The van der Waals surface area contributed by atoms with Crippen molar-refractivity contribution in [3.8, 4) is 0 Å². The number of likely N-dealkylation sites (tertiary alicyclic amines) is 1. The molecule has 1 unspecified atom stereocenters. The highest BCUT2D eigenvalue weighted by Gasteiger charge is 2.33. The fraction of sp³-hybridized carbons (Fsp3) is 0.519. The predicted octanol–water partition coefficient (Wildman–Crippen LogP) is 4.49. The third kappa shape index (κ3) is 9.51. The first-order valence-corrected chi connectivity index (χ1v) is 13.1. The molecule has 2 atom stereocenters. The van der Waals surface area contributed by atoms with Gasteiger partial charge in [0.2, 0.25) is 12.5 Å². The fourth-order valence-corrected chi connectivity index (χ4v) is 4.81. The largest absolute Gasteiger partial charge is 0.416 e. The maximum absolute atomic E-state index is 13.1. The van der Waals surface area contributed by atoms with Gasteiger partial charge in [-0.2, -0.15) is 26.3 Å². The molecule has 1 aromatic rings. The van der Waals surface area contributed by atoms with Crippen molar-refractivity contribution in [1.29, 1.82) is 0 Å². The molecule has 0 spiro atoms. The number of hydrogen-bond acceptors (Lipinski definition) is 6. The average Bonchev–Trinajstić information content (AvgIpc) is 3.35. The van der Waals surface area contributed by atoms with Crippen molar-refractivity contribution in [3.63, 3.8) is 0 Å². The van der Waals surface area contributed by atoms with E-state index in [0.717, 1.165) is 24.3 Å². The summed E-state index contributed by atoms with van der Waals surface area (Å²) in [6.45, 7) is 7.92. The molecule has 14 heteroatoms. The molecule has 0 bridgehead atoms. The Morgan fingerprint density at radius 1 is 1.12 bits per heavy atom. The van der Waals surface area contributed by atoms with Gasteiger partial charge in [-0.1, -0.05) is 13.5 Å². The number of carbonyl (C=O) groups is 1. The van der Waals surface area contributed by atoms with E-state index in [9.17, 15) is 41.3 Å². The molecule has 2 heterocycles. The summed E-state index contributed by atoms with van der Waals surface area (Å²) in [5, 5.41) is 13.5. The van der Waals surface area contributed by atoms with Gasteiger partial charge in [0.1, 0.15) is 0 Å². The summed E-state index contributed by atoms with van der Waals surface area (Å²) in [7, 11) is 0. The van der Waals surface area contributed by atoms with Gasteiger partial charge in [-0.15, -0.1) is 0 Å². The number of anilines is 1. The van der Waals surface area contributed by atoms with Crippen molar-refractivity contribution in [3.05, 3.63) is 76.0 Å². The topological polar surface area (TPSA) is 82.0 Å². The van der Waals surface area contributed by atoms with Crippen LogP contribution in [0.25, 0.3) is 0 Å². The number of allylic oxidation sites excluding steroid dienone is 3. The van der Waals surface area contributed by atoms with Crippen LogP contribution in [0.5, 0.6) is 0 Å². The van der Waals surface area contributed by atoms with E-state index in [-0.39, 0.29) is 30.1 Å². The van der Waals surface area contributed by atoms with Crippen molar-refractivity contribution in [2.24, 2.45) is 5.92 Å². The normalized spacial score (nSPS) is 20.0. The van der Waals surface area contributed by atoms with Gasteiger partial charge in [-0.3, -0.25) is 19.8 Å². The summed E-state index contributed by atoms with van der Waals surface area (Å²) in [6.07, 6.45) is -5.42. The molecule has 0 aliphatic carbocycles. The van der Waals surface area contributed by atoms with Crippen molar-refractivity contribution in [2.45, 2.75) is 31.7 Å². The molecule has 226 valence electrons. The molecule has 1 amide bonds. The van der Waals surface area contributed by atoms with Gasteiger partial charge < -0.3 is 15.1 Å². The SMILES string of the molecule is C=C(/C=C(\C=C/C[N+](=O)[O-])N[C@@H]1CCN(C(=O)C(C)CN2CCN(c3ccc(C(F)(F)F)cc3)CC2)C1)C(F)(F)F. The molecular formula is C27H33F6N5O3. The average molecular weight is 590 g/mol. The number of nitrogens with one attached hydrogen (secondary N) is 1. The Balaban J connectivity index is 1.50. The van der Waals surface area contributed by atoms with Crippen LogP contribution in [0.4, 0.5) is 32.0 Å². The Bertz CT molecular complexity index is 1140. The van der Waals surface area contributed by atoms with Gasteiger partial charge >= 0.3 is 12.4 Å². The number of hydrogen-bond donors (Lipinski definition) is 1. The Kier molecular flexibility index (Phi) is 10.5. The fourth-order valence-electron chi connectivity index (χ4n) is 4.81. The Morgan fingerprint density at radius 2 is 1.76 bits per heavy atom. The molecule has 41 heavy (non-hydrogen) atoms. The molecule has 2 saturated heterocycles. The standard InChI is InChI=1S/C27H33F6N5O3/c1-19(17-35-12-14-36(15-13-35)24-7-5-21(6-8-24)27(31,32)33)25(39)37-11-9-23(18-37)34-22(4-3-10-38(40)41)16-20(2)26(28,29)30/h3-8,16,19,23,34H,2,9-15,17-18H2,1H3/b4-3-,22-16+/t19?,23-/m1/s1. The summed E-state index contributed by atoms with van der Waals surface area (Å²) in [6, 6.07) is 4.70. The van der Waals surface area contributed by atoms with E-state index in [1.807, 2.05) is 11.8 Å². The van der Waals surface area contributed by atoms with E-state index in [2.05, 4.69) is 16.8 Å². The summed E-state index contributed by atoms with van der Waals surface area (Å²) in [5.41, 5.74) is -1.08. The van der Waals surface area contributed by atoms with Gasteiger partial charge in [0.15, 0.2) is 0 Å². The lowest BCUT2D eigenvalue weighted by Crippen LogP contribution is -2.49. The van der Waals surface area contributed by atoms with Gasteiger partial charge in [-0.25, -0.2) is 0 Å². The van der Waals surface area contributed by atoms with Crippen molar-refractivity contribution < 1.29 is 36.1 Å². The summed E-state index contributed by atoms with van der Waals surface area (Å²) >= 11 is 0. The Labute approximate surface area is 234 Å². The van der Waals surface area contributed by atoms with Gasteiger partial charge in [-0.05, 0) is 48.9 Å². The second-order valence-electron chi connectivity index (χ2n) is 10.2. The lowest BCUT2D eigenvalue weighted by atomic mass is 10.1.